The van der Waals surface area contributed by atoms with Crippen molar-refractivity contribution in [1.82, 2.24) is 15.0 Å². The highest BCUT2D eigenvalue weighted by atomic mass is 15.2. The number of rotatable bonds is 3. The van der Waals surface area contributed by atoms with Gasteiger partial charge in [-0.25, -0.2) is 10.4 Å². The predicted octanol–water partition coefficient (Wildman–Crippen LogP) is 0.973. The second kappa shape index (κ2) is 4.25. The first-order chi connectivity index (χ1) is 7.33. The van der Waals surface area contributed by atoms with Gasteiger partial charge in [-0.3, -0.25) is 5.84 Å². The molecule has 78 valence electrons. The zero-order valence-corrected chi connectivity index (χ0v) is 8.59. The van der Waals surface area contributed by atoms with Crippen LogP contribution in [-0.4, -0.2) is 9.55 Å². The molecule has 1 heterocycles. The molecule has 0 amide bonds. The molecule has 0 aliphatic heterocycles. The standard InChI is InChI=1S/C11H14N4/c1-15-8-13-7-10(15)11(14-12)9-5-3-2-4-6-9/h2-8,11,14H,12H2,1H3. The van der Waals surface area contributed by atoms with Crippen LogP contribution in [0.25, 0.3) is 0 Å². The van der Waals surface area contributed by atoms with Gasteiger partial charge in [0.2, 0.25) is 0 Å². The number of nitrogens with one attached hydrogen (secondary N) is 1. The van der Waals surface area contributed by atoms with Gasteiger partial charge in [0, 0.05) is 7.05 Å². The van der Waals surface area contributed by atoms with Crippen molar-refractivity contribution in [2.75, 3.05) is 0 Å². The van der Waals surface area contributed by atoms with E-state index in [2.05, 4.69) is 10.4 Å². The second-order valence-corrected chi connectivity index (χ2v) is 3.44. The van der Waals surface area contributed by atoms with Crippen molar-refractivity contribution in [3.05, 3.63) is 54.1 Å². The molecular formula is C11H14N4. The summed E-state index contributed by atoms with van der Waals surface area (Å²) in [5.74, 6) is 5.57. The minimum absolute atomic E-state index is 0.0151. The molecule has 0 bridgehead atoms. The van der Waals surface area contributed by atoms with E-state index in [1.54, 1.807) is 6.33 Å². The molecule has 0 fully saturated rings. The molecule has 4 heteroatoms. The van der Waals surface area contributed by atoms with Crippen LogP contribution >= 0.6 is 0 Å². The van der Waals surface area contributed by atoms with Gasteiger partial charge in [0.05, 0.1) is 24.3 Å². The maximum atomic E-state index is 5.57. The summed E-state index contributed by atoms with van der Waals surface area (Å²) in [7, 11) is 1.95. The van der Waals surface area contributed by atoms with Crippen LogP contribution in [-0.2, 0) is 7.05 Å². The topological polar surface area (TPSA) is 55.9 Å². The van der Waals surface area contributed by atoms with Crippen LogP contribution in [0.15, 0.2) is 42.9 Å². The minimum Gasteiger partial charge on any atom is -0.336 e. The van der Waals surface area contributed by atoms with E-state index in [9.17, 15) is 0 Å². The Labute approximate surface area is 88.7 Å². The Morgan fingerprint density at radius 3 is 2.60 bits per heavy atom. The molecule has 0 saturated heterocycles. The number of hydrazine groups is 1. The van der Waals surface area contributed by atoms with E-state index >= 15 is 0 Å². The highest BCUT2D eigenvalue weighted by Gasteiger charge is 2.14. The number of nitrogens with two attached hydrogens (primary N) is 1. The van der Waals surface area contributed by atoms with Crippen molar-refractivity contribution >= 4 is 0 Å². The Kier molecular flexibility index (Phi) is 2.80. The number of aryl methyl sites for hydroxylation is 1. The average molecular weight is 202 g/mol. The minimum atomic E-state index is -0.0151. The molecule has 15 heavy (non-hydrogen) atoms. The van der Waals surface area contributed by atoms with Crippen molar-refractivity contribution in [2.24, 2.45) is 12.9 Å². The van der Waals surface area contributed by atoms with Crippen LogP contribution in [0.5, 0.6) is 0 Å². The number of nitrogens with zero attached hydrogens (tertiary/aromatic N) is 2. The van der Waals surface area contributed by atoms with Crippen molar-refractivity contribution in [3.63, 3.8) is 0 Å². The molecule has 0 spiro atoms. The van der Waals surface area contributed by atoms with E-state index < -0.39 is 0 Å². The van der Waals surface area contributed by atoms with Crippen LogP contribution in [0, 0.1) is 0 Å². The van der Waals surface area contributed by atoms with E-state index in [1.165, 1.54) is 0 Å². The first-order valence-corrected chi connectivity index (χ1v) is 4.80. The van der Waals surface area contributed by atoms with E-state index in [0.29, 0.717) is 0 Å². The monoisotopic (exact) mass is 202 g/mol. The molecule has 0 saturated carbocycles. The van der Waals surface area contributed by atoms with Crippen molar-refractivity contribution in [2.45, 2.75) is 6.04 Å². The summed E-state index contributed by atoms with van der Waals surface area (Å²) in [5.41, 5.74) is 4.97. The van der Waals surface area contributed by atoms with Crippen LogP contribution in [0.2, 0.25) is 0 Å². The fraction of sp³-hybridized carbons (Fsp3) is 0.182. The lowest BCUT2D eigenvalue weighted by atomic mass is 10.1. The molecule has 4 nitrogen and oxygen atoms in total. The highest BCUT2D eigenvalue weighted by molar-refractivity contribution is 5.26. The molecule has 3 N–H and O–H groups in total. The molecule has 1 atom stereocenters. The van der Waals surface area contributed by atoms with Gasteiger partial charge in [0.15, 0.2) is 0 Å². The van der Waals surface area contributed by atoms with Gasteiger partial charge >= 0.3 is 0 Å². The number of aromatic nitrogens is 2. The lowest BCUT2D eigenvalue weighted by molar-refractivity contribution is 0.597. The third kappa shape index (κ3) is 1.91. The molecule has 1 aromatic carbocycles. The molecular weight excluding hydrogens is 188 g/mol. The van der Waals surface area contributed by atoms with Crippen LogP contribution in [0.4, 0.5) is 0 Å². The third-order valence-electron chi connectivity index (χ3n) is 2.45. The van der Waals surface area contributed by atoms with Crippen LogP contribution in [0.1, 0.15) is 17.3 Å². The zero-order chi connectivity index (χ0) is 10.7. The molecule has 0 aliphatic carbocycles. The van der Waals surface area contributed by atoms with E-state index in [-0.39, 0.29) is 6.04 Å². The lowest BCUT2D eigenvalue weighted by Crippen LogP contribution is -2.30. The summed E-state index contributed by atoms with van der Waals surface area (Å²) >= 11 is 0. The van der Waals surface area contributed by atoms with Gasteiger partial charge in [-0.2, -0.15) is 0 Å². The normalized spacial score (nSPS) is 12.7. The molecule has 2 rings (SSSR count). The fourth-order valence-electron chi connectivity index (χ4n) is 1.64. The SMILES string of the molecule is Cn1cncc1C(NN)c1ccccc1. The molecule has 0 radical (unpaired) electrons. The molecule has 2 aromatic rings. The van der Waals surface area contributed by atoms with Gasteiger partial charge in [0.1, 0.15) is 0 Å². The summed E-state index contributed by atoms with van der Waals surface area (Å²) in [4.78, 5) is 4.08. The summed E-state index contributed by atoms with van der Waals surface area (Å²) in [6.07, 6.45) is 3.58. The van der Waals surface area contributed by atoms with Crippen LogP contribution < -0.4 is 11.3 Å². The Hall–Kier alpha value is -1.65. The first kappa shape index (κ1) is 9.89. The zero-order valence-electron chi connectivity index (χ0n) is 8.59. The largest absolute Gasteiger partial charge is 0.336 e. The Balaban J connectivity index is 2.37. The number of benzene rings is 1. The van der Waals surface area contributed by atoms with Crippen molar-refractivity contribution in [1.29, 1.82) is 0 Å². The summed E-state index contributed by atoms with van der Waals surface area (Å²) in [6.45, 7) is 0. The number of imidazole rings is 1. The molecule has 0 aliphatic rings. The summed E-state index contributed by atoms with van der Waals surface area (Å²) < 4.78 is 1.96. The maximum Gasteiger partial charge on any atom is 0.0946 e. The van der Waals surface area contributed by atoms with Gasteiger partial charge in [-0.05, 0) is 5.56 Å². The molecule has 1 aromatic heterocycles. The van der Waals surface area contributed by atoms with Crippen molar-refractivity contribution in [3.8, 4) is 0 Å². The Morgan fingerprint density at radius 1 is 1.33 bits per heavy atom. The summed E-state index contributed by atoms with van der Waals surface area (Å²) in [6, 6.07) is 10.0. The fourth-order valence-corrected chi connectivity index (χ4v) is 1.64. The Bertz CT molecular complexity index is 421. The predicted molar refractivity (Wildman–Crippen MR) is 58.8 cm³/mol. The Morgan fingerprint density at radius 2 is 2.07 bits per heavy atom. The number of hydrogen-bond acceptors (Lipinski definition) is 3. The van der Waals surface area contributed by atoms with Crippen LogP contribution in [0.3, 0.4) is 0 Å². The second-order valence-electron chi connectivity index (χ2n) is 3.44. The molecule has 1 unspecified atom stereocenters. The van der Waals surface area contributed by atoms with Gasteiger partial charge in [0.25, 0.3) is 0 Å². The maximum absolute atomic E-state index is 5.57. The van der Waals surface area contributed by atoms with E-state index in [4.69, 9.17) is 5.84 Å². The first-order valence-electron chi connectivity index (χ1n) is 4.80. The lowest BCUT2D eigenvalue weighted by Gasteiger charge is -2.16. The van der Waals surface area contributed by atoms with Crippen molar-refractivity contribution < 1.29 is 0 Å². The number of hydrogen-bond donors (Lipinski definition) is 2. The van der Waals surface area contributed by atoms with Gasteiger partial charge in [-0.1, -0.05) is 30.3 Å². The quantitative estimate of drug-likeness (QED) is 0.576. The average Bonchev–Trinajstić information content (AvgIpc) is 2.68. The van der Waals surface area contributed by atoms with E-state index in [1.807, 2.05) is 48.1 Å². The summed E-state index contributed by atoms with van der Waals surface area (Å²) in [5, 5.41) is 0. The van der Waals surface area contributed by atoms with Gasteiger partial charge < -0.3 is 4.57 Å². The van der Waals surface area contributed by atoms with Gasteiger partial charge in [-0.15, -0.1) is 0 Å². The smallest absolute Gasteiger partial charge is 0.0946 e. The van der Waals surface area contributed by atoms with E-state index in [0.717, 1.165) is 11.3 Å². The third-order valence-corrected chi connectivity index (χ3v) is 2.45. The highest BCUT2D eigenvalue weighted by Crippen LogP contribution is 2.19.